The molecular formula is C13H10BrClFNO. The van der Waals surface area contributed by atoms with Crippen molar-refractivity contribution in [3.05, 3.63) is 51.9 Å². The minimum atomic E-state index is -0.260. The van der Waals surface area contributed by atoms with Crippen LogP contribution in [0.5, 0.6) is 11.6 Å². The van der Waals surface area contributed by atoms with Crippen molar-refractivity contribution < 1.29 is 9.13 Å². The maximum Gasteiger partial charge on any atom is 0.223 e. The van der Waals surface area contributed by atoms with Crippen molar-refractivity contribution in [2.75, 3.05) is 0 Å². The zero-order valence-corrected chi connectivity index (χ0v) is 11.9. The van der Waals surface area contributed by atoms with E-state index in [2.05, 4.69) is 20.9 Å². The first-order chi connectivity index (χ1) is 8.60. The lowest BCUT2D eigenvalue weighted by molar-refractivity contribution is 0.456. The van der Waals surface area contributed by atoms with Gasteiger partial charge in [-0.05, 0) is 52.7 Å². The molecule has 18 heavy (non-hydrogen) atoms. The van der Waals surface area contributed by atoms with Gasteiger partial charge in [0.05, 0.1) is 5.88 Å². The first kappa shape index (κ1) is 13.3. The average Bonchev–Trinajstić information content (AvgIpc) is 2.36. The van der Waals surface area contributed by atoms with Crippen molar-refractivity contribution in [3.8, 4) is 11.6 Å². The number of halogens is 3. The van der Waals surface area contributed by atoms with E-state index in [0.717, 1.165) is 10.0 Å². The fraction of sp³-hybridized carbons (Fsp3) is 0.154. The summed E-state index contributed by atoms with van der Waals surface area (Å²) in [6.07, 6.45) is 1.63. The summed E-state index contributed by atoms with van der Waals surface area (Å²) in [5.74, 6) is 1.00. The van der Waals surface area contributed by atoms with Crippen LogP contribution in [0.15, 0.2) is 34.9 Å². The van der Waals surface area contributed by atoms with Gasteiger partial charge in [-0.2, -0.15) is 0 Å². The molecule has 2 aromatic rings. The minimum Gasteiger partial charge on any atom is -0.439 e. The molecule has 0 atom stereocenters. The van der Waals surface area contributed by atoms with Crippen LogP contribution in [-0.2, 0) is 5.88 Å². The standard InChI is InChI=1S/C13H10BrClFNO/c1-8-4-11(2-3-12(8)16)18-13-9(6-15)5-10(14)7-17-13/h2-5,7H,6H2,1H3. The Morgan fingerprint density at radius 2 is 2.17 bits per heavy atom. The predicted octanol–water partition coefficient (Wildman–Crippen LogP) is 4.82. The molecule has 0 spiro atoms. The van der Waals surface area contributed by atoms with Gasteiger partial charge >= 0.3 is 0 Å². The topological polar surface area (TPSA) is 22.1 Å². The molecule has 0 fully saturated rings. The fourth-order valence-corrected chi connectivity index (χ4v) is 2.02. The minimum absolute atomic E-state index is 0.260. The maximum atomic E-state index is 13.1. The van der Waals surface area contributed by atoms with E-state index in [1.54, 1.807) is 25.3 Å². The van der Waals surface area contributed by atoms with E-state index in [0.29, 0.717) is 23.1 Å². The lowest BCUT2D eigenvalue weighted by Gasteiger charge is -2.09. The molecule has 0 unspecified atom stereocenters. The molecule has 0 aliphatic heterocycles. The van der Waals surface area contributed by atoms with Crippen LogP contribution in [0.1, 0.15) is 11.1 Å². The number of alkyl halides is 1. The Morgan fingerprint density at radius 1 is 1.39 bits per heavy atom. The number of rotatable bonds is 3. The number of hydrogen-bond acceptors (Lipinski definition) is 2. The Balaban J connectivity index is 2.30. The van der Waals surface area contributed by atoms with Crippen LogP contribution in [0.25, 0.3) is 0 Å². The van der Waals surface area contributed by atoms with Gasteiger partial charge in [0.25, 0.3) is 0 Å². The van der Waals surface area contributed by atoms with Crippen LogP contribution in [-0.4, -0.2) is 4.98 Å². The number of aromatic nitrogens is 1. The third kappa shape index (κ3) is 3.00. The number of aryl methyl sites for hydroxylation is 1. The third-order valence-corrected chi connectivity index (χ3v) is 3.10. The van der Waals surface area contributed by atoms with Crippen LogP contribution in [0.2, 0.25) is 0 Å². The van der Waals surface area contributed by atoms with Crippen LogP contribution < -0.4 is 4.74 Å². The normalized spacial score (nSPS) is 10.4. The van der Waals surface area contributed by atoms with Crippen LogP contribution >= 0.6 is 27.5 Å². The summed E-state index contributed by atoms with van der Waals surface area (Å²) in [5, 5.41) is 0. The Labute approximate surface area is 118 Å². The summed E-state index contributed by atoms with van der Waals surface area (Å²) in [7, 11) is 0. The van der Waals surface area contributed by atoms with Crippen LogP contribution in [0.4, 0.5) is 4.39 Å². The third-order valence-electron chi connectivity index (χ3n) is 2.38. The molecule has 2 nitrogen and oxygen atoms in total. The van der Waals surface area contributed by atoms with Gasteiger partial charge in [-0.1, -0.05) is 0 Å². The Bertz CT molecular complexity index is 577. The molecule has 1 heterocycles. The number of ether oxygens (including phenoxy) is 1. The monoisotopic (exact) mass is 329 g/mol. The second kappa shape index (κ2) is 5.67. The van der Waals surface area contributed by atoms with Gasteiger partial charge in [-0.15, -0.1) is 11.6 Å². The van der Waals surface area contributed by atoms with Crippen molar-refractivity contribution in [3.63, 3.8) is 0 Å². The van der Waals surface area contributed by atoms with Gasteiger partial charge < -0.3 is 4.74 Å². The van der Waals surface area contributed by atoms with E-state index in [9.17, 15) is 4.39 Å². The molecule has 1 aromatic carbocycles. The largest absolute Gasteiger partial charge is 0.439 e. The van der Waals surface area contributed by atoms with E-state index in [1.807, 2.05) is 6.07 Å². The van der Waals surface area contributed by atoms with Gasteiger partial charge in [0.1, 0.15) is 11.6 Å². The molecule has 0 amide bonds. The van der Waals surface area contributed by atoms with Crippen molar-refractivity contribution >= 4 is 27.5 Å². The molecule has 0 radical (unpaired) electrons. The molecular weight excluding hydrogens is 321 g/mol. The second-order valence-electron chi connectivity index (χ2n) is 3.76. The van der Waals surface area contributed by atoms with E-state index in [-0.39, 0.29) is 5.82 Å². The van der Waals surface area contributed by atoms with Crippen LogP contribution in [0, 0.1) is 12.7 Å². The van der Waals surface area contributed by atoms with Gasteiger partial charge in [0, 0.05) is 16.2 Å². The van der Waals surface area contributed by atoms with Crippen molar-refractivity contribution in [1.82, 2.24) is 4.98 Å². The summed E-state index contributed by atoms with van der Waals surface area (Å²) < 4.78 is 19.6. The maximum absolute atomic E-state index is 13.1. The molecule has 1 aromatic heterocycles. The molecule has 0 saturated carbocycles. The predicted molar refractivity (Wildman–Crippen MR) is 72.7 cm³/mol. The summed E-state index contributed by atoms with van der Waals surface area (Å²) in [6, 6.07) is 6.39. The summed E-state index contributed by atoms with van der Waals surface area (Å²) in [4.78, 5) is 4.15. The summed E-state index contributed by atoms with van der Waals surface area (Å²) in [5.41, 5.74) is 1.30. The highest BCUT2D eigenvalue weighted by molar-refractivity contribution is 9.10. The van der Waals surface area contributed by atoms with Crippen molar-refractivity contribution in [2.24, 2.45) is 0 Å². The van der Waals surface area contributed by atoms with Gasteiger partial charge in [-0.3, -0.25) is 0 Å². The molecule has 94 valence electrons. The SMILES string of the molecule is Cc1cc(Oc2ncc(Br)cc2CCl)ccc1F. The molecule has 2 rings (SSSR count). The van der Waals surface area contributed by atoms with E-state index < -0.39 is 0 Å². The summed E-state index contributed by atoms with van der Waals surface area (Å²) >= 11 is 9.14. The number of hydrogen-bond donors (Lipinski definition) is 0. The number of benzene rings is 1. The smallest absolute Gasteiger partial charge is 0.223 e. The first-order valence-corrected chi connectivity index (χ1v) is 6.57. The van der Waals surface area contributed by atoms with Crippen molar-refractivity contribution in [2.45, 2.75) is 12.8 Å². The van der Waals surface area contributed by atoms with Gasteiger partial charge in [0.15, 0.2) is 0 Å². The van der Waals surface area contributed by atoms with E-state index in [1.165, 1.54) is 6.07 Å². The lowest BCUT2D eigenvalue weighted by atomic mass is 10.2. The molecule has 0 aliphatic rings. The quantitative estimate of drug-likeness (QED) is 0.753. The van der Waals surface area contributed by atoms with Gasteiger partial charge in [-0.25, -0.2) is 9.37 Å². The Hall–Kier alpha value is -1.13. The van der Waals surface area contributed by atoms with Crippen LogP contribution in [0.3, 0.4) is 0 Å². The molecule has 0 aliphatic carbocycles. The van der Waals surface area contributed by atoms with E-state index >= 15 is 0 Å². The molecule has 0 bridgehead atoms. The molecule has 0 saturated heterocycles. The first-order valence-electron chi connectivity index (χ1n) is 5.24. The number of pyridine rings is 1. The lowest BCUT2D eigenvalue weighted by Crippen LogP contribution is -1.94. The fourth-order valence-electron chi connectivity index (χ4n) is 1.45. The zero-order valence-electron chi connectivity index (χ0n) is 9.58. The van der Waals surface area contributed by atoms with E-state index in [4.69, 9.17) is 16.3 Å². The molecule has 5 heteroatoms. The average molecular weight is 331 g/mol. The highest BCUT2D eigenvalue weighted by Crippen LogP contribution is 2.27. The Morgan fingerprint density at radius 3 is 2.83 bits per heavy atom. The number of nitrogens with zero attached hydrogens (tertiary/aromatic N) is 1. The summed E-state index contributed by atoms with van der Waals surface area (Å²) in [6.45, 7) is 1.68. The molecule has 0 N–H and O–H groups in total. The van der Waals surface area contributed by atoms with Gasteiger partial charge in [0.2, 0.25) is 5.88 Å². The highest BCUT2D eigenvalue weighted by atomic mass is 79.9. The Kier molecular flexibility index (Phi) is 4.19. The zero-order chi connectivity index (χ0) is 13.1. The van der Waals surface area contributed by atoms with Crippen molar-refractivity contribution in [1.29, 1.82) is 0 Å². The highest BCUT2D eigenvalue weighted by Gasteiger charge is 2.08. The second-order valence-corrected chi connectivity index (χ2v) is 4.95.